The molecule has 3 aromatic rings. The highest BCUT2D eigenvalue weighted by molar-refractivity contribution is 7.99. The van der Waals surface area contributed by atoms with Crippen molar-refractivity contribution in [3.05, 3.63) is 115 Å². The second-order valence-electron chi connectivity index (χ2n) is 8.21. The lowest BCUT2D eigenvalue weighted by molar-refractivity contribution is -0.216. The van der Waals surface area contributed by atoms with E-state index in [0.717, 1.165) is 4.90 Å². The Labute approximate surface area is 220 Å². The summed E-state index contributed by atoms with van der Waals surface area (Å²) in [4.78, 5) is 27.0. The van der Waals surface area contributed by atoms with Gasteiger partial charge in [-0.1, -0.05) is 72.4 Å². The van der Waals surface area contributed by atoms with E-state index < -0.39 is 48.4 Å². The van der Waals surface area contributed by atoms with Gasteiger partial charge in [0.15, 0.2) is 12.2 Å². The van der Waals surface area contributed by atoms with Crippen LogP contribution in [0.4, 0.5) is 0 Å². The van der Waals surface area contributed by atoms with Crippen LogP contribution in [-0.2, 0) is 18.9 Å². The number of aliphatic hydroxyl groups excluding tert-OH is 1. The highest BCUT2D eigenvalue weighted by atomic mass is 32.2. The van der Waals surface area contributed by atoms with Gasteiger partial charge in [-0.3, -0.25) is 0 Å². The highest BCUT2D eigenvalue weighted by Gasteiger charge is 2.51. The van der Waals surface area contributed by atoms with Crippen molar-refractivity contribution in [2.45, 2.75) is 34.7 Å². The molecule has 0 saturated carbocycles. The first-order valence-electron chi connectivity index (χ1n) is 11.8. The van der Waals surface area contributed by atoms with Crippen LogP contribution in [-0.4, -0.2) is 60.1 Å². The Hall–Kier alpha value is -3.43. The molecule has 1 fully saturated rings. The normalized spacial score (nSPS) is 23.1. The van der Waals surface area contributed by atoms with E-state index in [1.807, 2.05) is 30.3 Å². The Morgan fingerprint density at radius 1 is 0.811 bits per heavy atom. The standard InChI is InChI=1S/C29H28O7S/c1-2-18-33-26-25(36-28(32)21-14-8-4-9-15-21)24(35-27(31)20-12-6-3-7-13-20)23(19-30)34-29(26)37-22-16-10-5-11-17-22/h2-17,23-26,29-30H,1,18-19H2/t23-,24-,25+,26-,29-/m1/s1. The van der Waals surface area contributed by atoms with Crippen molar-refractivity contribution in [2.24, 2.45) is 0 Å². The zero-order chi connectivity index (χ0) is 26.0. The molecule has 7 nitrogen and oxygen atoms in total. The lowest BCUT2D eigenvalue weighted by Crippen LogP contribution is -2.61. The van der Waals surface area contributed by atoms with Gasteiger partial charge in [-0.2, -0.15) is 0 Å². The molecule has 1 N–H and O–H groups in total. The molecule has 0 bridgehead atoms. The summed E-state index contributed by atoms with van der Waals surface area (Å²) in [6.45, 7) is 3.40. The Morgan fingerprint density at radius 3 is 1.84 bits per heavy atom. The fourth-order valence-corrected chi connectivity index (χ4v) is 5.07. The Bertz CT molecular complexity index is 1160. The van der Waals surface area contributed by atoms with Crippen LogP contribution in [0.2, 0.25) is 0 Å². The molecule has 37 heavy (non-hydrogen) atoms. The van der Waals surface area contributed by atoms with E-state index in [4.69, 9.17) is 18.9 Å². The van der Waals surface area contributed by atoms with Gasteiger partial charge in [-0.15, -0.1) is 6.58 Å². The Kier molecular flexibility index (Phi) is 9.51. The highest BCUT2D eigenvalue weighted by Crippen LogP contribution is 2.37. The number of aliphatic hydroxyl groups is 1. The van der Waals surface area contributed by atoms with E-state index in [-0.39, 0.29) is 6.61 Å². The fourth-order valence-electron chi connectivity index (χ4n) is 3.92. The number of hydrogen-bond acceptors (Lipinski definition) is 8. The van der Waals surface area contributed by atoms with Gasteiger partial charge in [0.1, 0.15) is 17.6 Å². The maximum absolute atomic E-state index is 13.1. The van der Waals surface area contributed by atoms with E-state index >= 15 is 0 Å². The summed E-state index contributed by atoms with van der Waals surface area (Å²) >= 11 is 1.36. The summed E-state index contributed by atoms with van der Waals surface area (Å²) < 4.78 is 24.0. The topological polar surface area (TPSA) is 91.3 Å². The third kappa shape index (κ3) is 6.87. The maximum Gasteiger partial charge on any atom is 0.338 e. The van der Waals surface area contributed by atoms with Crippen LogP contribution in [0.3, 0.4) is 0 Å². The van der Waals surface area contributed by atoms with Crippen molar-refractivity contribution in [1.29, 1.82) is 0 Å². The molecule has 1 aliphatic rings. The molecule has 3 aromatic carbocycles. The quantitative estimate of drug-likeness (QED) is 0.308. The van der Waals surface area contributed by atoms with E-state index in [0.29, 0.717) is 11.1 Å². The largest absolute Gasteiger partial charge is 0.452 e. The predicted molar refractivity (Wildman–Crippen MR) is 139 cm³/mol. The van der Waals surface area contributed by atoms with Crippen molar-refractivity contribution in [2.75, 3.05) is 13.2 Å². The van der Waals surface area contributed by atoms with Crippen LogP contribution >= 0.6 is 11.8 Å². The Balaban J connectivity index is 1.68. The second-order valence-corrected chi connectivity index (χ2v) is 9.39. The number of benzene rings is 3. The Morgan fingerprint density at radius 2 is 1.32 bits per heavy atom. The summed E-state index contributed by atoms with van der Waals surface area (Å²) in [5.74, 6) is -1.24. The third-order valence-electron chi connectivity index (χ3n) is 5.68. The van der Waals surface area contributed by atoms with Crippen molar-refractivity contribution in [3.63, 3.8) is 0 Å². The van der Waals surface area contributed by atoms with E-state index in [1.165, 1.54) is 11.8 Å². The molecular weight excluding hydrogens is 492 g/mol. The van der Waals surface area contributed by atoms with Crippen molar-refractivity contribution in [1.82, 2.24) is 0 Å². The third-order valence-corrected chi connectivity index (χ3v) is 6.83. The smallest absolute Gasteiger partial charge is 0.338 e. The van der Waals surface area contributed by atoms with Gasteiger partial charge in [0.2, 0.25) is 0 Å². The van der Waals surface area contributed by atoms with E-state index in [2.05, 4.69) is 6.58 Å². The summed E-state index contributed by atoms with van der Waals surface area (Å²) in [5.41, 5.74) is -0.0335. The van der Waals surface area contributed by atoms with Crippen molar-refractivity contribution in [3.8, 4) is 0 Å². The molecule has 0 unspecified atom stereocenters. The van der Waals surface area contributed by atoms with Gasteiger partial charge in [0, 0.05) is 4.90 Å². The van der Waals surface area contributed by atoms with Crippen LogP contribution in [0.1, 0.15) is 20.7 Å². The number of carbonyl (C=O) groups excluding carboxylic acids is 2. The van der Waals surface area contributed by atoms with Crippen LogP contribution in [0.25, 0.3) is 0 Å². The molecule has 1 heterocycles. The van der Waals surface area contributed by atoms with E-state index in [9.17, 15) is 14.7 Å². The molecule has 192 valence electrons. The number of rotatable bonds is 10. The summed E-state index contributed by atoms with van der Waals surface area (Å²) in [5, 5.41) is 10.2. The van der Waals surface area contributed by atoms with Gasteiger partial charge in [-0.05, 0) is 36.4 Å². The SMILES string of the molecule is C=CCO[C@@H]1[C@@H](OC(=O)c2ccccc2)[C@H](OC(=O)c2ccccc2)[C@@H](CO)O[C@@H]1Sc1ccccc1. The fraction of sp³-hybridized carbons (Fsp3) is 0.241. The molecule has 8 heteroatoms. The number of hydrogen-bond donors (Lipinski definition) is 1. The molecular formula is C29H28O7S. The van der Waals surface area contributed by atoms with Gasteiger partial charge < -0.3 is 24.1 Å². The predicted octanol–water partition coefficient (Wildman–Crippen LogP) is 4.52. The molecule has 1 aliphatic heterocycles. The first-order chi connectivity index (χ1) is 18.1. The molecule has 5 atom stereocenters. The molecule has 0 aliphatic carbocycles. The number of ether oxygens (including phenoxy) is 4. The zero-order valence-corrected chi connectivity index (χ0v) is 20.9. The molecule has 4 rings (SSSR count). The average Bonchev–Trinajstić information content (AvgIpc) is 2.95. The number of carbonyl (C=O) groups is 2. The number of esters is 2. The first-order valence-corrected chi connectivity index (χ1v) is 12.7. The molecule has 0 amide bonds. The van der Waals surface area contributed by atoms with Crippen molar-refractivity contribution < 1.29 is 33.6 Å². The van der Waals surface area contributed by atoms with Crippen LogP contribution in [0, 0.1) is 0 Å². The summed E-state index contributed by atoms with van der Waals surface area (Å²) in [6.07, 6.45) is -2.44. The van der Waals surface area contributed by atoms with Gasteiger partial charge in [0.05, 0.1) is 24.3 Å². The minimum atomic E-state index is -1.13. The van der Waals surface area contributed by atoms with Gasteiger partial charge in [-0.25, -0.2) is 9.59 Å². The molecule has 0 spiro atoms. The minimum absolute atomic E-state index is 0.141. The first kappa shape index (κ1) is 26.6. The molecule has 0 aromatic heterocycles. The van der Waals surface area contributed by atoms with Crippen molar-refractivity contribution >= 4 is 23.7 Å². The second kappa shape index (κ2) is 13.2. The van der Waals surface area contributed by atoms with Gasteiger partial charge >= 0.3 is 11.9 Å². The van der Waals surface area contributed by atoms with Gasteiger partial charge in [0.25, 0.3) is 0 Å². The molecule has 0 radical (unpaired) electrons. The summed E-state index contributed by atoms with van der Waals surface area (Å²) in [7, 11) is 0. The monoisotopic (exact) mass is 520 g/mol. The van der Waals surface area contributed by atoms with Crippen LogP contribution in [0.15, 0.2) is 109 Å². The minimum Gasteiger partial charge on any atom is -0.452 e. The number of thioether (sulfide) groups is 1. The van der Waals surface area contributed by atoms with Crippen LogP contribution in [0.5, 0.6) is 0 Å². The lowest BCUT2D eigenvalue weighted by atomic mass is 9.99. The lowest BCUT2D eigenvalue weighted by Gasteiger charge is -2.44. The van der Waals surface area contributed by atoms with Crippen LogP contribution < -0.4 is 0 Å². The average molecular weight is 521 g/mol. The molecule has 1 saturated heterocycles. The summed E-state index contributed by atoms with van der Waals surface area (Å²) in [6, 6.07) is 26.5. The van der Waals surface area contributed by atoms with E-state index in [1.54, 1.807) is 66.7 Å². The zero-order valence-electron chi connectivity index (χ0n) is 20.1. The maximum atomic E-state index is 13.1.